The zero-order chi connectivity index (χ0) is 15.0. The molecule has 108 valence electrons. The van der Waals surface area contributed by atoms with Crippen molar-refractivity contribution in [1.29, 1.82) is 0 Å². The SMILES string of the molecule is Nc1cccc2c1CN(c1ccc(I)cc1[N+](=O)[O-])CC2. The first-order valence-electron chi connectivity index (χ1n) is 6.61. The minimum Gasteiger partial charge on any atom is -0.398 e. The van der Waals surface area contributed by atoms with Crippen LogP contribution in [0, 0.1) is 13.7 Å². The number of nitro groups is 1. The number of fused-ring (bicyclic) bond motifs is 1. The minimum absolute atomic E-state index is 0.153. The van der Waals surface area contributed by atoms with Crippen molar-refractivity contribution in [3.63, 3.8) is 0 Å². The first-order chi connectivity index (χ1) is 10.1. The molecular formula is C15H14IN3O2. The third kappa shape index (κ3) is 2.67. The molecule has 0 bridgehead atoms. The van der Waals surface area contributed by atoms with Crippen LogP contribution in [0.2, 0.25) is 0 Å². The third-order valence-electron chi connectivity index (χ3n) is 3.78. The summed E-state index contributed by atoms with van der Waals surface area (Å²) in [5, 5.41) is 11.3. The van der Waals surface area contributed by atoms with Crippen LogP contribution in [0.15, 0.2) is 36.4 Å². The van der Waals surface area contributed by atoms with E-state index in [9.17, 15) is 10.1 Å². The van der Waals surface area contributed by atoms with Gasteiger partial charge in [0.1, 0.15) is 5.69 Å². The maximum atomic E-state index is 11.3. The van der Waals surface area contributed by atoms with E-state index in [-0.39, 0.29) is 10.6 Å². The van der Waals surface area contributed by atoms with Gasteiger partial charge in [-0.2, -0.15) is 0 Å². The van der Waals surface area contributed by atoms with Crippen LogP contribution in [-0.2, 0) is 13.0 Å². The Morgan fingerprint density at radius 1 is 1.29 bits per heavy atom. The molecule has 5 nitrogen and oxygen atoms in total. The van der Waals surface area contributed by atoms with E-state index < -0.39 is 0 Å². The van der Waals surface area contributed by atoms with Crippen LogP contribution >= 0.6 is 22.6 Å². The smallest absolute Gasteiger partial charge is 0.293 e. The van der Waals surface area contributed by atoms with Crippen molar-refractivity contribution in [3.8, 4) is 0 Å². The number of anilines is 2. The van der Waals surface area contributed by atoms with Crippen LogP contribution in [0.1, 0.15) is 11.1 Å². The fourth-order valence-corrected chi connectivity index (χ4v) is 3.20. The van der Waals surface area contributed by atoms with Crippen molar-refractivity contribution >= 4 is 39.7 Å². The van der Waals surface area contributed by atoms with Gasteiger partial charge in [0.15, 0.2) is 0 Å². The van der Waals surface area contributed by atoms with Gasteiger partial charge in [-0.1, -0.05) is 12.1 Å². The van der Waals surface area contributed by atoms with Crippen molar-refractivity contribution in [2.24, 2.45) is 0 Å². The number of nitrogen functional groups attached to an aromatic ring is 1. The number of nitrogens with zero attached hydrogens (tertiary/aromatic N) is 2. The average molecular weight is 395 g/mol. The summed E-state index contributed by atoms with van der Waals surface area (Å²) in [6, 6.07) is 11.2. The highest BCUT2D eigenvalue weighted by Crippen LogP contribution is 2.34. The zero-order valence-corrected chi connectivity index (χ0v) is 13.4. The van der Waals surface area contributed by atoms with Crippen molar-refractivity contribution in [2.75, 3.05) is 17.2 Å². The van der Waals surface area contributed by atoms with Gasteiger partial charge >= 0.3 is 0 Å². The van der Waals surface area contributed by atoms with Gasteiger partial charge in [-0.3, -0.25) is 10.1 Å². The quantitative estimate of drug-likeness (QED) is 0.367. The zero-order valence-electron chi connectivity index (χ0n) is 11.3. The van der Waals surface area contributed by atoms with Crippen molar-refractivity contribution in [2.45, 2.75) is 13.0 Å². The fourth-order valence-electron chi connectivity index (χ4n) is 2.72. The maximum Gasteiger partial charge on any atom is 0.293 e. The lowest BCUT2D eigenvalue weighted by molar-refractivity contribution is -0.384. The van der Waals surface area contributed by atoms with E-state index in [1.807, 2.05) is 29.2 Å². The molecule has 0 saturated carbocycles. The van der Waals surface area contributed by atoms with E-state index in [2.05, 4.69) is 28.7 Å². The fraction of sp³-hybridized carbons (Fsp3) is 0.200. The van der Waals surface area contributed by atoms with E-state index in [1.54, 1.807) is 6.07 Å². The van der Waals surface area contributed by atoms with Crippen LogP contribution in [0.5, 0.6) is 0 Å². The van der Waals surface area contributed by atoms with Crippen LogP contribution in [0.3, 0.4) is 0 Å². The molecule has 0 aromatic heterocycles. The van der Waals surface area contributed by atoms with Gasteiger partial charge in [0.2, 0.25) is 0 Å². The monoisotopic (exact) mass is 395 g/mol. The Kier molecular flexibility index (Phi) is 3.71. The summed E-state index contributed by atoms with van der Waals surface area (Å²) in [5.41, 5.74) is 9.93. The summed E-state index contributed by atoms with van der Waals surface area (Å²) in [6.07, 6.45) is 0.851. The minimum atomic E-state index is -0.318. The Balaban J connectivity index is 2.00. The van der Waals surface area contributed by atoms with Crippen molar-refractivity contribution < 1.29 is 4.92 Å². The van der Waals surface area contributed by atoms with E-state index in [1.165, 1.54) is 5.56 Å². The average Bonchev–Trinajstić information content (AvgIpc) is 2.47. The highest BCUT2D eigenvalue weighted by molar-refractivity contribution is 14.1. The van der Waals surface area contributed by atoms with Gasteiger partial charge in [-0.05, 0) is 58.3 Å². The summed E-state index contributed by atoms with van der Waals surface area (Å²) in [5.74, 6) is 0. The molecule has 2 aromatic rings. The van der Waals surface area contributed by atoms with Crippen molar-refractivity contribution in [1.82, 2.24) is 0 Å². The number of nitro benzene ring substituents is 1. The molecule has 2 N–H and O–H groups in total. The number of rotatable bonds is 2. The molecule has 0 spiro atoms. The highest BCUT2D eigenvalue weighted by Gasteiger charge is 2.24. The van der Waals surface area contributed by atoms with E-state index in [0.717, 1.165) is 27.8 Å². The Labute approximate surface area is 136 Å². The lowest BCUT2D eigenvalue weighted by atomic mass is 9.97. The Hall–Kier alpha value is -1.83. The Bertz CT molecular complexity index is 718. The summed E-state index contributed by atoms with van der Waals surface area (Å²) in [6.45, 7) is 1.38. The lowest BCUT2D eigenvalue weighted by Gasteiger charge is -2.31. The largest absolute Gasteiger partial charge is 0.398 e. The molecule has 0 fully saturated rings. The molecule has 1 heterocycles. The molecule has 6 heteroatoms. The van der Waals surface area contributed by atoms with Crippen LogP contribution < -0.4 is 10.6 Å². The van der Waals surface area contributed by atoms with Crippen LogP contribution in [0.4, 0.5) is 17.1 Å². The number of hydrogen-bond acceptors (Lipinski definition) is 4. The summed E-state index contributed by atoms with van der Waals surface area (Å²) >= 11 is 2.09. The molecule has 2 aromatic carbocycles. The summed E-state index contributed by atoms with van der Waals surface area (Å²) in [7, 11) is 0. The second-order valence-corrected chi connectivity index (χ2v) is 6.29. The second kappa shape index (κ2) is 5.51. The molecule has 0 atom stereocenters. The predicted octanol–water partition coefficient (Wildman–Crippen LogP) is 3.34. The van der Waals surface area contributed by atoms with Gasteiger partial charge in [0.25, 0.3) is 5.69 Å². The molecule has 1 aliphatic rings. The third-order valence-corrected chi connectivity index (χ3v) is 4.46. The standard InChI is InChI=1S/C15H14IN3O2/c16-11-4-5-14(15(8-11)19(20)21)18-7-6-10-2-1-3-13(17)12(10)9-18/h1-5,8H,6-7,9,17H2. The van der Waals surface area contributed by atoms with Gasteiger partial charge in [-0.25, -0.2) is 0 Å². The maximum absolute atomic E-state index is 11.3. The Morgan fingerprint density at radius 3 is 2.86 bits per heavy atom. The number of nitrogens with two attached hydrogens (primary N) is 1. The number of halogens is 1. The lowest BCUT2D eigenvalue weighted by Crippen LogP contribution is -2.31. The first-order valence-corrected chi connectivity index (χ1v) is 7.69. The molecule has 0 unspecified atom stereocenters. The van der Waals surface area contributed by atoms with Gasteiger partial charge in [-0.15, -0.1) is 0 Å². The van der Waals surface area contributed by atoms with Gasteiger partial charge < -0.3 is 10.6 Å². The molecule has 1 aliphatic heterocycles. The van der Waals surface area contributed by atoms with Crippen molar-refractivity contribution in [3.05, 3.63) is 61.2 Å². The molecule has 0 aliphatic carbocycles. The number of hydrogen-bond donors (Lipinski definition) is 1. The molecule has 21 heavy (non-hydrogen) atoms. The van der Waals surface area contributed by atoms with Crippen LogP contribution in [0.25, 0.3) is 0 Å². The van der Waals surface area contributed by atoms with Crippen LogP contribution in [-0.4, -0.2) is 11.5 Å². The number of benzene rings is 2. The van der Waals surface area contributed by atoms with E-state index >= 15 is 0 Å². The summed E-state index contributed by atoms with van der Waals surface area (Å²) in [4.78, 5) is 13.0. The van der Waals surface area contributed by atoms with Gasteiger partial charge in [0.05, 0.1) is 4.92 Å². The molecule has 0 amide bonds. The second-order valence-electron chi connectivity index (χ2n) is 5.05. The van der Waals surface area contributed by atoms with E-state index in [4.69, 9.17) is 5.73 Å². The Morgan fingerprint density at radius 2 is 2.10 bits per heavy atom. The molecule has 0 saturated heterocycles. The highest BCUT2D eigenvalue weighted by atomic mass is 127. The molecule has 0 radical (unpaired) electrons. The predicted molar refractivity (Wildman–Crippen MR) is 91.4 cm³/mol. The molecular weight excluding hydrogens is 381 g/mol. The normalized spacial score (nSPS) is 13.9. The topological polar surface area (TPSA) is 72.4 Å². The van der Waals surface area contributed by atoms with Gasteiger partial charge in [0, 0.05) is 28.4 Å². The van der Waals surface area contributed by atoms with E-state index in [0.29, 0.717) is 12.2 Å². The molecule has 3 rings (SSSR count). The summed E-state index contributed by atoms with van der Waals surface area (Å²) < 4.78 is 0.861. The first kappa shape index (κ1) is 14.1.